The normalized spacial score (nSPS) is 14.0. The highest BCUT2D eigenvalue weighted by Gasteiger charge is 2.27. The average molecular weight is 343 g/mol. The molecule has 0 spiro atoms. The van der Waals surface area contributed by atoms with Gasteiger partial charge in [-0.15, -0.1) is 10.2 Å². The molecule has 1 aromatic carbocycles. The fourth-order valence-electron chi connectivity index (χ4n) is 2.17. The molecule has 1 amide bonds. The van der Waals surface area contributed by atoms with Crippen molar-refractivity contribution in [3.05, 3.63) is 40.9 Å². The summed E-state index contributed by atoms with van der Waals surface area (Å²) in [4.78, 5) is 12.1. The van der Waals surface area contributed by atoms with Crippen LogP contribution in [-0.4, -0.2) is 22.7 Å². The van der Waals surface area contributed by atoms with E-state index in [1.165, 1.54) is 30.3 Å². The number of amides is 1. The molecule has 1 heterocycles. The molecule has 0 bridgehead atoms. The van der Waals surface area contributed by atoms with E-state index in [9.17, 15) is 4.79 Å². The second kappa shape index (κ2) is 8.06. The van der Waals surface area contributed by atoms with Crippen LogP contribution in [0, 0.1) is 0 Å². The zero-order valence-corrected chi connectivity index (χ0v) is 14.5. The van der Waals surface area contributed by atoms with E-state index < -0.39 is 0 Å². The third-order valence-corrected chi connectivity index (χ3v) is 4.69. The van der Waals surface area contributed by atoms with E-state index in [1.807, 2.05) is 24.3 Å². The van der Waals surface area contributed by atoms with Gasteiger partial charge in [0.05, 0.1) is 6.61 Å². The second-order valence-electron chi connectivity index (χ2n) is 5.78. The summed E-state index contributed by atoms with van der Waals surface area (Å²) < 4.78 is 5.76. The van der Waals surface area contributed by atoms with E-state index in [1.54, 1.807) is 6.08 Å². The van der Waals surface area contributed by atoms with Gasteiger partial charge in [-0.25, -0.2) is 0 Å². The number of hydrogen-bond donors (Lipinski definition) is 1. The fourth-order valence-corrected chi connectivity index (χ4v) is 3.08. The lowest BCUT2D eigenvalue weighted by Crippen LogP contribution is -2.07. The van der Waals surface area contributed by atoms with E-state index in [2.05, 4.69) is 22.4 Å². The highest BCUT2D eigenvalue weighted by atomic mass is 32.1. The van der Waals surface area contributed by atoms with Crippen LogP contribution in [0.15, 0.2) is 30.3 Å². The van der Waals surface area contributed by atoms with Crippen molar-refractivity contribution < 1.29 is 9.53 Å². The number of carbonyl (C=O) groups is 1. The Hall–Kier alpha value is -2.21. The molecule has 1 saturated carbocycles. The van der Waals surface area contributed by atoms with Crippen molar-refractivity contribution in [1.29, 1.82) is 0 Å². The predicted molar refractivity (Wildman–Crippen MR) is 96.4 cm³/mol. The lowest BCUT2D eigenvalue weighted by molar-refractivity contribution is -0.111. The number of aromatic nitrogens is 2. The molecule has 1 aromatic heterocycles. The average Bonchev–Trinajstić information content (AvgIpc) is 3.34. The van der Waals surface area contributed by atoms with Crippen LogP contribution in [0.3, 0.4) is 0 Å². The van der Waals surface area contributed by atoms with Crippen LogP contribution >= 0.6 is 11.3 Å². The Morgan fingerprint density at radius 1 is 1.38 bits per heavy atom. The first-order valence-electron chi connectivity index (χ1n) is 8.30. The molecule has 2 aromatic rings. The molecule has 1 aliphatic carbocycles. The van der Waals surface area contributed by atoms with Gasteiger partial charge in [-0.2, -0.15) is 0 Å². The number of nitrogens with one attached hydrogen (secondary N) is 1. The number of ether oxygens (including phenoxy) is 1. The third kappa shape index (κ3) is 4.64. The van der Waals surface area contributed by atoms with Gasteiger partial charge in [0.1, 0.15) is 10.8 Å². The number of rotatable bonds is 8. The summed E-state index contributed by atoms with van der Waals surface area (Å²) in [6, 6.07) is 7.71. The molecule has 5 nitrogen and oxygen atoms in total. The van der Waals surface area contributed by atoms with Gasteiger partial charge in [0.25, 0.3) is 0 Å². The lowest BCUT2D eigenvalue weighted by Gasteiger charge is -2.08. The lowest BCUT2D eigenvalue weighted by atomic mass is 10.2. The number of unbranched alkanes of at least 4 members (excludes halogenated alkanes) is 1. The minimum Gasteiger partial charge on any atom is -0.493 e. The van der Waals surface area contributed by atoms with Crippen LogP contribution in [0.5, 0.6) is 5.75 Å². The van der Waals surface area contributed by atoms with E-state index >= 15 is 0 Å². The smallest absolute Gasteiger partial charge is 0.250 e. The van der Waals surface area contributed by atoms with Crippen molar-refractivity contribution in [2.24, 2.45) is 0 Å². The molecule has 0 radical (unpaired) electrons. The highest BCUT2D eigenvalue weighted by molar-refractivity contribution is 7.15. The summed E-state index contributed by atoms with van der Waals surface area (Å²) in [6.45, 7) is 2.81. The van der Waals surface area contributed by atoms with Crippen molar-refractivity contribution in [2.75, 3.05) is 11.9 Å². The number of nitrogens with zero attached hydrogens (tertiary/aromatic N) is 2. The summed E-state index contributed by atoms with van der Waals surface area (Å²) in [5.41, 5.74) is 0.889. The van der Waals surface area contributed by atoms with Crippen molar-refractivity contribution in [1.82, 2.24) is 10.2 Å². The van der Waals surface area contributed by atoms with Gasteiger partial charge in [0, 0.05) is 17.6 Å². The van der Waals surface area contributed by atoms with E-state index in [-0.39, 0.29) is 5.91 Å². The molecular formula is C18H21N3O2S. The van der Waals surface area contributed by atoms with Gasteiger partial charge in [0.15, 0.2) is 0 Å². The van der Waals surface area contributed by atoms with Crippen LogP contribution < -0.4 is 10.1 Å². The van der Waals surface area contributed by atoms with Gasteiger partial charge in [-0.1, -0.05) is 42.9 Å². The Morgan fingerprint density at radius 2 is 2.21 bits per heavy atom. The summed E-state index contributed by atoms with van der Waals surface area (Å²) >= 11 is 1.46. The Kier molecular flexibility index (Phi) is 5.59. The van der Waals surface area contributed by atoms with Gasteiger partial charge in [0.2, 0.25) is 11.0 Å². The summed E-state index contributed by atoms with van der Waals surface area (Å²) in [7, 11) is 0. The van der Waals surface area contributed by atoms with E-state index in [4.69, 9.17) is 4.74 Å². The van der Waals surface area contributed by atoms with Crippen molar-refractivity contribution >= 4 is 28.5 Å². The molecule has 126 valence electrons. The maximum atomic E-state index is 12.1. The first-order valence-corrected chi connectivity index (χ1v) is 9.12. The Labute approximate surface area is 145 Å². The third-order valence-electron chi connectivity index (χ3n) is 3.69. The van der Waals surface area contributed by atoms with Crippen LogP contribution in [0.2, 0.25) is 0 Å². The monoisotopic (exact) mass is 343 g/mol. The molecule has 0 aliphatic heterocycles. The molecular weight excluding hydrogens is 322 g/mol. The largest absolute Gasteiger partial charge is 0.493 e. The quantitative estimate of drug-likeness (QED) is 0.575. The minimum atomic E-state index is -0.211. The molecule has 3 rings (SSSR count). The maximum absolute atomic E-state index is 12.1. The fraction of sp³-hybridized carbons (Fsp3) is 0.389. The Bertz CT molecular complexity index is 723. The van der Waals surface area contributed by atoms with Crippen molar-refractivity contribution in [2.45, 2.75) is 38.5 Å². The van der Waals surface area contributed by atoms with E-state index in [0.29, 0.717) is 17.7 Å². The molecule has 1 fully saturated rings. The van der Waals surface area contributed by atoms with Crippen LogP contribution in [0.4, 0.5) is 5.13 Å². The first kappa shape index (κ1) is 16.6. The predicted octanol–water partition coefficient (Wildman–Crippen LogP) is 4.25. The second-order valence-corrected chi connectivity index (χ2v) is 6.79. The SMILES string of the molecule is CCCCOc1ccccc1/C=C/C(=O)Nc1nnc(C2CC2)s1. The van der Waals surface area contributed by atoms with Crippen LogP contribution in [-0.2, 0) is 4.79 Å². The van der Waals surface area contributed by atoms with Gasteiger partial charge in [-0.3, -0.25) is 10.1 Å². The van der Waals surface area contributed by atoms with Crippen LogP contribution in [0.1, 0.15) is 49.1 Å². The molecule has 0 saturated heterocycles. The summed E-state index contributed by atoms with van der Waals surface area (Å²) in [6.07, 6.45) is 7.72. The first-order chi connectivity index (χ1) is 11.8. The molecule has 1 aliphatic rings. The summed E-state index contributed by atoms with van der Waals surface area (Å²) in [5.74, 6) is 1.13. The molecule has 0 atom stereocenters. The standard InChI is InChI=1S/C18H21N3O2S/c1-2-3-12-23-15-7-5-4-6-13(15)10-11-16(22)19-18-21-20-17(24-18)14-8-9-14/h4-7,10-11,14H,2-3,8-9,12H2,1H3,(H,19,21,22)/b11-10+. The highest BCUT2D eigenvalue weighted by Crippen LogP contribution is 2.42. The van der Waals surface area contributed by atoms with E-state index in [0.717, 1.165) is 29.2 Å². The summed E-state index contributed by atoms with van der Waals surface area (Å²) in [5, 5.41) is 12.5. The zero-order chi connectivity index (χ0) is 16.8. The van der Waals surface area contributed by atoms with Gasteiger partial charge < -0.3 is 4.74 Å². The molecule has 0 unspecified atom stereocenters. The number of anilines is 1. The zero-order valence-electron chi connectivity index (χ0n) is 13.7. The molecule has 24 heavy (non-hydrogen) atoms. The van der Waals surface area contributed by atoms with Gasteiger partial charge >= 0.3 is 0 Å². The molecule has 1 N–H and O–H groups in total. The molecule has 6 heteroatoms. The Balaban J connectivity index is 1.58. The van der Waals surface area contributed by atoms with Gasteiger partial charge in [-0.05, 0) is 31.4 Å². The Morgan fingerprint density at radius 3 is 3.00 bits per heavy atom. The van der Waals surface area contributed by atoms with Crippen LogP contribution in [0.25, 0.3) is 6.08 Å². The number of benzene rings is 1. The topological polar surface area (TPSA) is 64.1 Å². The van der Waals surface area contributed by atoms with Crippen molar-refractivity contribution in [3.63, 3.8) is 0 Å². The van der Waals surface area contributed by atoms with Crippen molar-refractivity contribution in [3.8, 4) is 5.75 Å². The number of carbonyl (C=O) groups excluding carboxylic acids is 1. The number of para-hydroxylation sites is 1. The minimum absolute atomic E-state index is 0.211. The maximum Gasteiger partial charge on any atom is 0.250 e. The number of hydrogen-bond acceptors (Lipinski definition) is 5.